The van der Waals surface area contributed by atoms with Crippen molar-refractivity contribution in [3.05, 3.63) is 53.0 Å². The van der Waals surface area contributed by atoms with Crippen LogP contribution in [0.2, 0.25) is 0 Å². The highest BCUT2D eigenvalue weighted by molar-refractivity contribution is 7.91. The van der Waals surface area contributed by atoms with E-state index in [1.807, 2.05) is 0 Å². The van der Waals surface area contributed by atoms with Gasteiger partial charge in [0.2, 0.25) is 0 Å². The molecular formula is C20H18F3N3O4S. The second-order valence-corrected chi connectivity index (χ2v) is 9.40. The predicted molar refractivity (Wildman–Crippen MR) is 104 cm³/mol. The molecule has 4 rings (SSSR count). The summed E-state index contributed by atoms with van der Waals surface area (Å²) in [5, 5.41) is 0. The molecule has 0 bridgehead atoms. The Bertz CT molecular complexity index is 1150. The molecular weight excluding hydrogens is 435 g/mol. The molecule has 0 N–H and O–H groups in total. The Morgan fingerprint density at radius 1 is 0.903 bits per heavy atom. The maximum Gasteiger partial charge on any atom is 0.261 e. The standard InChI is InChI=1S/C20H18F3N3O4S/c21-14-16(15(22)18(24-17(14)23)25-8-4-1-5-9-25)31(29,30)11-10-26-19(27)12-6-2-3-7-13(12)20(26)28/h2-3,6-7H,1,4-5,8-11H2. The number of sulfone groups is 1. The number of carbonyl (C=O) groups excluding carboxylic acids is 2. The van der Waals surface area contributed by atoms with Gasteiger partial charge in [-0.15, -0.1) is 0 Å². The van der Waals surface area contributed by atoms with E-state index in [9.17, 15) is 26.8 Å². The van der Waals surface area contributed by atoms with Crippen LogP contribution in [0, 0.1) is 17.6 Å². The second-order valence-electron chi connectivity index (χ2n) is 7.36. The molecule has 0 spiro atoms. The number of amides is 2. The number of fused-ring (bicyclic) bond motifs is 1. The van der Waals surface area contributed by atoms with E-state index < -0.39 is 62.2 Å². The Morgan fingerprint density at radius 2 is 1.48 bits per heavy atom. The fourth-order valence-electron chi connectivity index (χ4n) is 3.83. The highest BCUT2D eigenvalue weighted by atomic mass is 32.2. The van der Waals surface area contributed by atoms with Gasteiger partial charge in [0.25, 0.3) is 17.8 Å². The van der Waals surface area contributed by atoms with Gasteiger partial charge in [-0.1, -0.05) is 12.1 Å². The van der Waals surface area contributed by atoms with Crippen molar-refractivity contribution >= 4 is 27.5 Å². The van der Waals surface area contributed by atoms with Crippen LogP contribution in [-0.2, 0) is 9.84 Å². The molecule has 7 nitrogen and oxygen atoms in total. The van der Waals surface area contributed by atoms with Gasteiger partial charge < -0.3 is 4.90 Å². The molecule has 3 heterocycles. The van der Waals surface area contributed by atoms with Crippen molar-refractivity contribution < 1.29 is 31.2 Å². The zero-order valence-corrected chi connectivity index (χ0v) is 17.1. The number of piperidine rings is 1. The van der Waals surface area contributed by atoms with Gasteiger partial charge in [-0.05, 0) is 31.4 Å². The molecule has 1 aromatic carbocycles. The number of hydrogen-bond acceptors (Lipinski definition) is 6. The van der Waals surface area contributed by atoms with E-state index in [4.69, 9.17) is 0 Å². The quantitative estimate of drug-likeness (QED) is 0.511. The maximum absolute atomic E-state index is 15.0. The van der Waals surface area contributed by atoms with E-state index in [-0.39, 0.29) is 11.1 Å². The molecule has 1 aromatic heterocycles. The van der Waals surface area contributed by atoms with Gasteiger partial charge in [0.05, 0.1) is 16.9 Å². The Kier molecular flexibility index (Phi) is 5.46. The first-order chi connectivity index (χ1) is 14.7. The van der Waals surface area contributed by atoms with Crippen molar-refractivity contribution in [3.63, 3.8) is 0 Å². The lowest BCUT2D eigenvalue weighted by Crippen LogP contribution is -2.35. The minimum absolute atomic E-state index is 0.115. The minimum Gasteiger partial charge on any atom is -0.354 e. The lowest BCUT2D eigenvalue weighted by Gasteiger charge is -2.28. The van der Waals surface area contributed by atoms with Gasteiger partial charge in [-0.3, -0.25) is 14.5 Å². The van der Waals surface area contributed by atoms with Crippen LogP contribution >= 0.6 is 0 Å². The fraction of sp³-hybridized carbons (Fsp3) is 0.350. The Labute approximate surface area is 176 Å². The van der Waals surface area contributed by atoms with E-state index in [1.165, 1.54) is 17.0 Å². The SMILES string of the molecule is O=C1c2ccccc2C(=O)N1CCS(=O)(=O)c1c(F)c(F)nc(N2CCCCC2)c1F. The Hall–Kier alpha value is -2.95. The maximum atomic E-state index is 15.0. The first kappa shape index (κ1) is 21.3. The van der Waals surface area contributed by atoms with Crippen LogP contribution in [0.5, 0.6) is 0 Å². The summed E-state index contributed by atoms with van der Waals surface area (Å²) in [6, 6.07) is 5.95. The van der Waals surface area contributed by atoms with Crippen LogP contribution in [0.1, 0.15) is 40.0 Å². The van der Waals surface area contributed by atoms with Gasteiger partial charge in [0.15, 0.2) is 27.3 Å². The minimum atomic E-state index is -4.73. The van der Waals surface area contributed by atoms with E-state index in [0.717, 1.165) is 6.42 Å². The molecule has 2 amide bonds. The third kappa shape index (κ3) is 3.67. The second kappa shape index (κ2) is 7.95. The number of rotatable bonds is 5. The molecule has 0 radical (unpaired) electrons. The number of pyridine rings is 1. The number of halogens is 3. The molecule has 2 aliphatic rings. The zero-order chi connectivity index (χ0) is 22.3. The summed E-state index contributed by atoms with van der Waals surface area (Å²) in [4.78, 5) is 28.7. The number of nitrogens with zero attached hydrogens (tertiary/aromatic N) is 3. The summed E-state index contributed by atoms with van der Waals surface area (Å²) < 4.78 is 69.0. The average Bonchev–Trinajstić information content (AvgIpc) is 3.00. The van der Waals surface area contributed by atoms with Crippen LogP contribution in [0.3, 0.4) is 0 Å². The molecule has 164 valence electrons. The summed E-state index contributed by atoms with van der Waals surface area (Å²) in [6.45, 7) is 0.0452. The highest BCUT2D eigenvalue weighted by Crippen LogP contribution is 2.30. The average molecular weight is 453 g/mol. The van der Waals surface area contributed by atoms with Crippen molar-refractivity contribution in [2.45, 2.75) is 24.2 Å². The molecule has 0 saturated carbocycles. The number of carbonyl (C=O) groups is 2. The van der Waals surface area contributed by atoms with Crippen LogP contribution in [0.15, 0.2) is 29.2 Å². The fourth-order valence-corrected chi connectivity index (χ4v) is 5.18. The van der Waals surface area contributed by atoms with Crippen LogP contribution in [0.25, 0.3) is 0 Å². The molecule has 11 heteroatoms. The summed E-state index contributed by atoms with van der Waals surface area (Å²) in [5.41, 5.74) is 0.231. The third-order valence-electron chi connectivity index (χ3n) is 5.41. The molecule has 31 heavy (non-hydrogen) atoms. The smallest absolute Gasteiger partial charge is 0.261 e. The number of benzene rings is 1. The van der Waals surface area contributed by atoms with Crippen molar-refractivity contribution in [3.8, 4) is 0 Å². The predicted octanol–water partition coefficient (Wildman–Crippen LogP) is 2.56. The van der Waals surface area contributed by atoms with E-state index >= 15 is 4.39 Å². The molecule has 0 aliphatic carbocycles. The van der Waals surface area contributed by atoms with Gasteiger partial charge in [-0.25, -0.2) is 17.2 Å². The summed E-state index contributed by atoms with van der Waals surface area (Å²) in [5.74, 6) is -8.03. The molecule has 1 saturated heterocycles. The van der Waals surface area contributed by atoms with Crippen LogP contribution in [-0.4, -0.2) is 55.5 Å². The number of hydrogen-bond donors (Lipinski definition) is 0. The lowest BCUT2D eigenvalue weighted by atomic mass is 10.1. The summed E-state index contributed by atoms with van der Waals surface area (Å²) in [6.07, 6.45) is 2.25. The van der Waals surface area contributed by atoms with Gasteiger partial charge >= 0.3 is 0 Å². The monoisotopic (exact) mass is 453 g/mol. The summed E-state index contributed by atoms with van der Waals surface area (Å²) >= 11 is 0. The molecule has 0 unspecified atom stereocenters. The number of imide groups is 1. The first-order valence-corrected chi connectivity index (χ1v) is 11.3. The van der Waals surface area contributed by atoms with Gasteiger partial charge in [-0.2, -0.15) is 9.37 Å². The van der Waals surface area contributed by atoms with Crippen molar-refractivity contribution in [2.24, 2.45) is 0 Å². The van der Waals surface area contributed by atoms with Crippen molar-refractivity contribution in [1.29, 1.82) is 0 Å². The highest BCUT2D eigenvalue weighted by Gasteiger charge is 2.38. The number of anilines is 1. The third-order valence-corrected chi connectivity index (χ3v) is 7.11. The zero-order valence-electron chi connectivity index (χ0n) is 16.3. The first-order valence-electron chi connectivity index (χ1n) is 9.70. The van der Waals surface area contributed by atoms with Gasteiger partial charge in [0.1, 0.15) is 4.90 Å². The Morgan fingerprint density at radius 3 is 2.06 bits per heavy atom. The van der Waals surface area contributed by atoms with Crippen molar-refractivity contribution in [2.75, 3.05) is 30.3 Å². The lowest BCUT2D eigenvalue weighted by molar-refractivity contribution is 0.0664. The van der Waals surface area contributed by atoms with E-state index in [2.05, 4.69) is 4.98 Å². The van der Waals surface area contributed by atoms with E-state index in [1.54, 1.807) is 12.1 Å². The van der Waals surface area contributed by atoms with Gasteiger partial charge in [0, 0.05) is 19.6 Å². The van der Waals surface area contributed by atoms with E-state index in [0.29, 0.717) is 30.8 Å². The summed E-state index contributed by atoms with van der Waals surface area (Å²) in [7, 11) is -4.73. The largest absolute Gasteiger partial charge is 0.354 e. The molecule has 0 atom stereocenters. The van der Waals surface area contributed by atoms with Crippen LogP contribution < -0.4 is 4.90 Å². The normalized spacial score (nSPS) is 16.7. The Balaban J connectivity index is 1.63. The topological polar surface area (TPSA) is 87.7 Å². The molecule has 2 aromatic rings. The number of aromatic nitrogens is 1. The molecule has 2 aliphatic heterocycles. The molecule has 1 fully saturated rings. The van der Waals surface area contributed by atoms with Crippen LogP contribution in [0.4, 0.5) is 19.0 Å². The van der Waals surface area contributed by atoms with Crippen molar-refractivity contribution in [1.82, 2.24) is 9.88 Å².